The summed E-state index contributed by atoms with van der Waals surface area (Å²) in [5, 5.41) is 20.4. The first-order valence-electron chi connectivity index (χ1n) is 7.65. The second kappa shape index (κ2) is 6.94. The molecule has 0 saturated heterocycles. The summed E-state index contributed by atoms with van der Waals surface area (Å²) in [5.74, 6) is 0. The average Bonchev–Trinajstić information content (AvgIpc) is 2.53. The van der Waals surface area contributed by atoms with Crippen molar-refractivity contribution in [1.82, 2.24) is 4.72 Å². The third kappa shape index (κ3) is 4.07. The van der Waals surface area contributed by atoms with Crippen LogP contribution in [0, 0.1) is 22.5 Å². The number of nitro benzene ring substituents is 1. The Hall–Kier alpha value is -1.51. The second-order valence-corrected chi connectivity index (χ2v) is 7.99. The van der Waals surface area contributed by atoms with E-state index in [1.807, 2.05) is 0 Å². The maximum atomic E-state index is 12.5. The van der Waals surface area contributed by atoms with Gasteiger partial charge in [0.15, 0.2) is 0 Å². The first kappa shape index (κ1) is 17.8. The number of benzene rings is 1. The molecule has 7 nitrogen and oxygen atoms in total. The first-order chi connectivity index (χ1) is 10.8. The van der Waals surface area contributed by atoms with Crippen molar-refractivity contribution < 1.29 is 18.4 Å². The number of non-ortho nitro benzene ring substituents is 1. The van der Waals surface area contributed by atoms with E-state index in [0.29, 0.717) is 5.56 Å². The van der Waals surface area contributed by atoms with Crippen LogP contribution in [0.2, 0.25) is 0 Å². The van der Waals surface area contributed by atoms with E-state index < -0.39 is 20.4 Å². The van der Waals surface area contributed by atoms with Crippen LogP contribution in [0.5, 0.6) is 0 Å². The number of sulfonamides is 1. The largest absolute Gasteiger partial charge is 0.396 e. The van der Waals surface area contributed by atoms with E-state index in [2.05, 4.69) is 4.72 Å². The van der Waals surface area contributed by atoms with Crippen molar-refractivity contribution in [2.75, 3.05) is 13.2 Å². The molecular weight excluding hydrogens is 320 g/mol. The van der Waals surface area contributed by atoms with Crippen LogP contribution in [0.1, 0.15) is 37.7 Å². The fourth-order valence-electron chi connectivity index (χ4n) is 3.07. The van der Waals surface area contributed by atoms with Crippen molar-refractivity contribution >= 4 is 15.7 Å². The van der Waals surface area contributed by atoms with Crippen LogP contribution in [-0.4, -0.2) is 31.6 Å². The number of rotatable bonds is 6. The highest BCUT2D eigenvalue weighted by Crippen LogP contribution is 2.35. The van der Waals surface area contributed by atoms with Crippen LogP contribution in [0.3, 0.4) is 0 Å². The van der Waals surface area contributed by atoms with Crippen molar-refractivity contribution in [3.8, 4) is 0 Å². The lowest BCUT2D eigenvalue weighted by atomic mass is 9.75. The number of hydrogen-bond donors (Lipinski definition) is 2. The monoisotopic (exact) mass is 342 g/mol. The highest BCUT2D eigenvalue weighted by Gasteiger charge is 2.33. The molecule has 0 spiro atoms. The summed E-state index contributed by atoms with van der Waals surface area (Å²) in [6.45, 7) is 1.67. The zero-order valence-electron chi connectivity index (χ0n) is 13.1. The third-order valence-corrected chi connectivity index (χ3v) is 6.11. The van der Waals surface area contributed by atoms with Gasteiger partial charge in [0.2, 0.25) is 10.0 Å². The second-order valence-electron chi connectivity index (χ2n) is 6.25. The number of nitrogens with one attached hydrogen (secondary N) is 1. The van der Waals surface area contributed by atoms with Crippen molar-refractivity contribution in [3.05, 3.63) is 33.9 Å². The molecule has 0 heterocycles. The lowest BCUT2D eigenvalue weighted by Gasteiger charge is -2.35. The van der Waals surface area contributed by atoms with Crippen molar-refractivity contribution in [1.29, 1.82) is 0 Å². The molecule has 1 aliphatic carbocycles. The highest BCUT2D eigenvalue weighted by atomic mass is 32.2. The van der Waals surface area contributed by atoms with E-state index in [4.69, 9.17) is 0 Å². The molecule has 0 bridgehead atoms. The molecule has 0 atom stereocenters. The zero-order valence-corrected chi connectivity index (χ0v) is 13.9. The molecule has 2 rings (SSSR count). The standard InChI is InChI=1S/C15H22N2O5S/c1-12-9-13(17(19)20)5-6-14(12)23(21,22)16-10-15(11-18)7-3-2-4-8-15/h5-6,9,16,18H,2-4,7-8,10-11H2,1H3. The number of hydrogen-bond acceptors (Lipinski definition) is 5. The summed E-state index contributed by atoms with van der Waals surface area (Å²) in [5.41, 5.74) is -0.214. The lowest BCUT2D eigenvalue weighted by Crippen LogP contribution is -2.41. The Morgan fingerprint density at radius 2 is 1.96 bits per heavy atom. The van der Waals surface area contributed by atoms with E-state index in [1.165, 1.54) is 25.1 Å². The van der Waals surface area contributed by atoms with Gasteiger partial charge >= 0.3 is 0 Å². The van der Waals surface area contributed by atoms with E-state index in [0.717, 1.165) is 32.1 Å². The van der Waals surface area contributed by atoms with Crippen molar-refractivity contribution in [2.45, 2.75) is 43.9 Å². The van der Waals surface area contributed by atoms with Gasteiger partial charge in [0.05, 0.1) is 9.82 Å². The molecule has 1 aromatic rings. The smallest absolute Gasteiger partial charge is 0.269 e. The number of aliphatic hydroxyl groups excluding tert-OH is 1. The number of nitrogens with zero attached hydrogens (tertiary/aromatic N) is 1. The molecule has 128 valence electrons. The molecular formula is C15H22N2O5S. The first-order valence-corrected chi connectivity index (χ1v) is 9.14. The maximum Gasteiger partial charge on any atom is 0.269 e. The van der Waals surface area contributed by atoms with Crippen molar-refractivity contribution in [3.63, 3.8) is 0 Å². The summed E-state index contributed by atoms with van der Waals surface area (Å²) in [6.07, 6.45) is 4.67. The third-order valence-electron chi connectivity index (χ3n) is 4.55. The minimum Gasteiger partial charge on any atom is -0.396 e. The fourth-order valence-corrected chi connectivity index (χ4v) is 4.45. The Morgan fingerprint density at radius 1 is 1.30 bits per heavy atom. The summed E-state index contributed by atoms with van der Waals surface area (Å²) in [7, 11) is -3.76. The minimum absolute atomic E-state index is 0.0343. The van der Waals surface area contributed by atoms with Gasteiger partial charge in [0, 0.05) is 30.7 Å². The highest BCUT2D eigenvalue weighted by molar-refractivity contribution is 7.89. The molecule has 8 heteroatoms. The predicted molar refractivity (Wildman–Crippen MR) is 85.6 cm³/mol. The lowest BCUT2D eigenvalue weighted by molar-refractivity contribution is -0.385. The molecule has 23 heavy (non-hydrogen) atoms. The molecule has 0 amide bonds. The van der Waals surface area contributed by atoms with E-state index in [-0.39, 0.29) is 23.7 Å². The summed E-state index contributed by atoms with van der Waals surface area (Å²) in [6, 6.07) is 3.68. The van der Waals surface area contributed by atoms with Crippen LogP contribution in [0.15, 0.2) is 23.1 Å². The van der Waals surface area contributed by atoms with Crippen LogP contribution in [0.4, 0.5) is 5.69 Å². The van der Waals surface area contributed by atoms with Gasteiger partial charge in [-0.25, -0.2) is 13.1 Å². The normalized spacial score (nSPS) is 17.8. The van der Waals surface area contributed by atoms with Gasteiger partial charge in [-0.15, -0.1) is 0 Å². The zero-order chi connectivity index (χ0) is 17.1. The SMILES string of the molecule is Cc1cc([N+](=O)[O-])ccc1S(=O)(=O)NCC1(CO)CCCCC1. The number of nitro groups is 1. The molecule has 2 N–H and O–H groups in total. The molecule has 0 radical (unpaired) electrons. The van der Waals surface area contributed by atoms with Gasteiger partial charge < -0.3 is 5.11 Å². The molecule has 1 saturated carbocycles. The molecule has 0 aliphatic heterocycles. The Labute approximate surface area is 135 Å². The Bertz CT molecular complexity index is 681. The van der Waals surface area contributed by atoms with Crippen LogP contribution in [0.25, 0.3) is 0 Å². The number of aliphatic hydroxyl groups is 1. The van der Waals surface area contributed by atoms with E-state index in [9.17, 15) is 23.6 Å². The van der Waals surface area contributed by atoms with E-state index in [1.54, 1.807) is 0 Å². The quantitative estimate of drug-likeness (QED) is 0.608. The Balaban J connectivity index is 2.17. The van der Waals surface area contributed by atoms with Gasteiger partial charge in [0.25, 0.3) is 5.69 Å². The van der Waals surface area contributed by atoms with Gasteiger partial charge in [-0.2, -0.15) is 0 Å². The van der Waals surface area contributed by atoms with Crippen LogP contribution < -0.4 is 4.72 Å². The predicted octanol–water partition coefficient (Wildman–Crippen LogP) is 2.12. The van der Waals surface area contributed by atoms with Gasteiger partial charge in [-0.05, 0) is 31.4 Å². The van der Waals surface area contributed by atoms with Gasteiger partial charge in [-0.1, -0.05) is 19.3 Å². The summed E-state index contributed by atoms with van der Waals surface area (Å²) >= 11 is 0. The summed E-state index contributed by atoms with van der Waals surface area (Å²) in [4.78, 5) is 10.2. The van der Waals surface area contributed by atoms with Crippen molar-refractivity contribution in [2.24, 2.45) is 5.41 Å². The molecule has 0 aromatic heterocycles. The Kier molecular flexibility index (Phi) is 5.38. The Morgan fingerprint density at radius 3 is 2.48 bits per heavy atom. The average molecular weight is 342 g/mol. The molecule has 1 aromatic carbocycles. The molecule has 1 aliphatic rings. The fraction of sp³-hybridized carbons (Fsp3) is 0.600. The maximum absolute atomic E-state index is 12.5. The molecule has 1 fully saturated rings. The van der Waals surface area contributed by atoms with Crippen LogP contribution >= 0.6 is 0 Å². The topological polar surface area (TPSA) is 110 Å². The van der Waals surface area contributed by atoms with Gasteiger partial charge in [-0.3, -0.25) is 10.1 Å². The van der Waals surface area contributed by atoms with Gasteiger partial charge in [0.1, 0.15) is 0 Å². The number of aryl methyl sites for hydroxylation is 1. The van der Waals surface area contributed by atoms with E-state index >= 15 is 0 Å². The van der Waals surface area contributed by atoms with Crippen LogP contribution in [-0.2, 0) is 10.0 Å². The minimum atomic E-state index is -3.76. The summed E-state index contributed by atoms with van der Waals surface area (Å²) < 4.78 is 27.5. The molecule has 0 unspecified atom stereocenters.